The maximum Gasteiger partial charge on any atom is 0.340 e. The number of nitrogens with one attached hydrogen (secondary N) is 1. The predicted molar refractivity (Wildman–Crippen MR) is 215 cm³/mol. The number of esters is 1. The minimum Gasteiger partial charge on any atom is -0.479 e. The SMILES string of the molecule is CCCCCCCCCCCC(=O)Nc1ccc2c(c1)C(=O)OC21c2ccc(O[C@@H]3O[C@H](C(=O)O)[C@@H](O)[C@H](O)[C@H]3O)cc2Oc2cc(O[C@@H]3O[C@H](C(=O)O)[C@@H](O)[C@H](O)[C@H]3O)ccc21. The zero-order valence-electron chi connectivity index (χ0n) is 34.2. The number of hydrogen-bond acceptors (Lipinski definition) is 16. The first-order valence-electron chi connectivity index (χ1n) is 21.0. The highest BCUT2D eigenvalue weighted by molar-refractivity contribution is 5.99. The lowest BCUT2D eigenvalue weighted by molar-refractivity contribution is -0.271. The van der Waals surface area contributed by atoms with E-state index in [0.717, 1.165) is 19.3 Å². The zero-order valence-corrected chi connectivity index (χ0v) is 34.2. The standard InChI is InChI=1S/C44H51NO18/c1-2-3-4-5-6-7-8-9-10-11-30(46)45-21-12-15-25-24(18-21)41(57)63-44(25)26-16-13-22(58-42-35(51)31(47)33(49)37(61-42)39(53)54)19-28(26)60-29-20-23(14-17-27(29)44)59-43-36(52)32(48)34(50)38(62-43)40(55)56/h12-20,31-38,42-43,47-52H,2-11H2,1H3,(H,45,46)(H,53,54)(H,55,56)/t31-,32-,33-,34-,35+,36+,37-,38-,42+,43+/m0/s1. The maximum atomic E-state index is 13.9. The number of benzene rings is 3. The van der Waals surface area contributed by atoms with Gasteiger partial charge in [0.05, 0.1) is 5.56 Å². The Labute approximate surface area is 360 Å². The molecule has 2 saturated heterocycles. The lowest BCUT2D eigenvalue weighted by Crippen LogP contribution is -2.61. The Morgan fingerprint density at radius 3 is 1.59 bits per heavy atom. The van der Waals surface area contributed by atoms with Crippen LogP contribution in [0, 0.1) is 0 Å². The van der Waals surface area contributed by atoms with Crippen molar-refractivity contribution in [2.75, 3.05) is 5.32 Å². The summed E-state index contributed by atoms with van der Waals surface area (Å²) in [5, 5.41) is 84.1. The average molecular weight is 882 g/mol. The highest BCUT2D eigenvalue weighted by Crippen LogP contribution is 2.57. The fourth-order valence-electron chi connectivity index (χ4n) is 8.30. The summed E-state index contributed by atoms with van der Waals surface area (Å²) in [6.07, 6.45) is -8.88. The van der Waals surface area contributed by atoms with Gasteiger partial charge in [-0.25, -0.2) is 14.4 Å². The second-order valence-electron chi connectivity index (χ2n) is 16.1. The Bertz CT molecular complexity index is 2080. The minimum atomic E-state index is -1.97. The van der Waals surface area contributed by atoms with Crippen LogP contribution in [0.2, 0.25) is 0 Å². The number of carboxylic acids is 2. The number of carbonyl (C=O) groups excluding carboxylic acids is 2. The van der Waals surface area contributed by atoms with Crippen LogP contribution in [-0.4, -0.2) is 126 Å². The molecule has 4 heterocycles. The predicted octanol–water partition coefficient (Wildman–Crippen LogP) is 2.66. The average Bonchev–Trinajstić information content (AvgIpc) is 3.53. The van der Waals surface area contributed by atoms with E-state index in [2.05, 4.69) is 12.2 Å². The summed E-state index contributed by atoms with van der Waals surface area (Å²) in [6.45, 7) is 2.18. The summed E-state index contributed by atoms with van der Waals surface area (Å²) >= 11 is 0. The lowest BCUT2D eigenvalue weighted by atomic mass is 9.77. The summed E-state index contributed by atoms with van der Waals surface area (Å²) in [5.74, 6) is -4.39. The Morgan fingerprint density at radius 1 is 0.619 bits per heavy atom. The van der Waals surface area contributed by atoms with Crippen molar-refractivity contribution < 1.29 is 88.5 Å². The number of aliphatic carboxylic acids is 2. The molecule has 1 spiro atoms. The molecule has 7 rings (SSSR count). The molecule has 19 nitrogen and oxygen atoms in total. The van der Waals surface area contributed by atoms with Gasteiger partial charge in [-0.05, 0) is 42.8 Å². The topological polar surface area (TPSA) is 298 Å². The van der Waals surface area contributed by atoms with Gasteiger partial charge in [-0.1, -0.05) is 64.4 Å². The highest BCUT2D eigenvalue weighted by atomic mass is 16.7. The number of carboxylic acid groups (broad SMARTS) is 2. The van der Waals surface area contributed by atoms with Gasteiger partial charge in [-0.2, -0.15) is 0 Å². The number of aliphatic hydroxyl groups excluding tert-OH is 6. The molecule has 1 amide bonds. The lowest BCUT2D eigenvalue weighted by Gasteiger charge is -2.39. The van der Waals surface area contributed by atoms with Crippen LogP contribution in [-0.2, 0) is 34.2 Å². The second kappa shape index (κ2) is 19.2. The Kier molecular flexibility index (Phi) is 13.9. The van der Waals surface area contributed by atoms with Crippen LogP contribution in [0.1, 0.15) is 98.2 Å². The summed E-state index contributed by atoms with van der Waals surface area (Å²) < 4.78 is 34.7. The Hall–Kier alpha value is -5.38. The van der Waals surface area contributed by atoms with Crippen molar-refractivity contribution in [1.82, 2.24) is 0 Å². The molecule has 2 fully saturated rings. The van der Waals surface area contributed by atoms with Crippen LogP contribution in [0.25, 0.3) is 0 Å². The van der Waals surface area contributed by atoms with Gasteiger partial charge in [-0.15, -0.1) is 0 Å². The molecule has 0 aromatic heterocycles. The summed E-state index contributed by atoms with van der Waals surface area (Å²) in [6, 6.07) is 13.1. The number of ether oxygens (including phenoxy) is 6. The molecule has 0 aliphatic carbocycles. The smallest absolute Gasteiger partial charge is 0.340 e. The minimum absolute atomic E-state index is 0.00441. The van der Waals surface area contributed by atoms with E-state index in [1.165, 1.54) is 74.6 Å². The van der Waals surface area contributed by atoms with Crippen molar-refractivity contribution in [3.05, 3.63) is 76.9 Å². The van der Waals surface area contributed by atoms with Gasteiger partial charge < -0.3 is 74.6 Å². The van der Waals surface area contributed by atoms with Crippen molar-refractivity contribution in [2.45, 2.75) is 138 Å². The van der Waals surface area contributed by atoms with Gasteiger partial charge in [0.1, 0.15) is 59.6 Å². The second-order valence-corrected chi connectivity index (χ2v) is 16.1. The third-order valence-corrected chi connectivity index (χ3v) is 11.7. The molecule has 19 heteroatoms. The normalized spacial score (nSPS) is 27.9. The molecule has 340 valence electrons. The number of anilines is 1. The van der Waals surface area contributed by atoms with Crippen LogP contribution < -0.4 is 19.5 Å². The molecule has 4 aliphatic heterocycles. The fraction of sp³-hybridized carbons (Fsp3) is 0.500. The van der Waals surface area contributed by atoms with Crippen LogP contribution in [0.4, 0.5) is 5.69 Å². The largest absolute Gasteiger partial charge is 0.479 e. The first kappa shape index (κ1) is 45.6. The third kappa shape index (κ3) is 9.18. The molecule has 3 aromatic rings. The van der Waals surface area contributed by atoms with E-state index in [1.54, 1.807) is 12.1 Å². The van der Waals surface area contributed by atoms with E-state index in [0.29, 0.717) is 24.1 Å². The first-order chi connectivity index (χ1) is 30.1. The van der Waals surface area contributed by atoms with Crippen molar-refractivity contribution in [1.29, 1.82) is 0 Å². The molecule has 10 atom stereocenters. The number of aliphatic hydroxyl groups is 6. The zero-order chi connectivity index (χ0) is 45.2. The Morgan fingerprint density at radius 2 is 1.10 bits per heavy atom. The molecule has 0 radical (unpaired) electrons. The van der Waals surface area contributed by atoms with Gasteiger partial charge in [-0.3, -0.25) is 4.79 Å². The van der Waals surface area contributed by atoms with Gasteiger partial charge >= 0.3 is 17.9 Å². The van der Waals surface area contributed by atoms with Crippen LogP contribution in [0.5, 0.6) is 23.0 Å². The summed E-state index contributed by atoms with van der Waals surface area (Å²) in [4.78, 5) is 50.3. The van der Waals surface area contributed by atoms with E-state index in [4.69, 9.17) is 28.4 Å². The van der Waals surface area contributed by atoms with Gasteiger partial charge in [0.2, 0.25) is 18.5 Å². The number of rotatable bonds is 17. The number of amides is 1. The molecule has 0 bridgehead atoms. The van der Waals surface area contributed by atoms with E-state index < -0.39 is 84.9 Å². The van der Waals surface area contributed by atoms with E-state index in [9.17, 15) is 60.0 Å². The van der Waals surface area contributed by atoms with Gasteiger partial charge in [0.25, 0.3) is 0 Å². The molecule has 4 aliphatic rings. The molecule has 9 N–H and O–H groups in total. The van der Waals surface area contributed by atoms with E-state index in [1.807, 2.05) is 0 Å². The van der Waals surface area contributed by atoms with Gasteiger partial charge in [0, 0.05) is 40.9 Å². The first-order valence-corrected chi connectivity index (χ1v) is 21.0. The monoisotopic (exact) mass is 881 g/mol. The van der Waals surface area contributed by atoms with Crippen molar-refractivity contribution in [3.63, 3.8) is 0 Å². The highest BCUT2D eigenvalue weighted by Gasteiger charge is 2.55. The third-order valence-electron chi connectivity index (χ3n) is 11.7. The molecular weight excluding hydrogens is 830 g/mol. The number of fused-ring (bicyclic) bond motifs is 6. The molecular formula is C44H51NO18. The fourth-order valence-corrected chi connectivity index (χ4v) is 8.30. The number of hydrogen-bond donors (Lipinski definition) is 9. The summed E-state index contributed by atoms with van der Waals surface area (Å²) in [7, 11) is 0. The number of unbranched alkanes of at least 4 members (excludes halogenated alkanes) is 8. The molecule has 0 saturated carbocycles. The number of carbonyl (C=O) groups is 4. The van der Waals surface area contributed by atoms with Gasteiger partial charge in [0.15, 0.2) is 17.8 Å². The summed E-state index contributed by atoms with van der Waals surface area (Å²) in [5.41, 5.74) is -0.371. The van der Waals surface area contributed by atoms with Crippen molar-refractivity contribution in [3.8, 4) is 23.0 Å². The van der Waals surface area contributed by atoms with Crippen LogP contribution in [0.3, 0.4) is 0 Å². The van der Waals surface area contributed by atoms with E-state index in [-0.39, 0.29) is 45.6 Å². The molecule has 63 heavy (non-hydrogen) atoms. The van der Waals surface area contributed by atoms with Crippen LogP contribution in [0.15, 0.2) is 54.6 Å². The Balaban J connectivity index is 1.17. The van der Waals surface area contributed by atoms with Crippen molar-refractivity contribution in [2.24, 2.45) is 0 Å². The van der Waals surface area contributed by atoms with Crippen molar-refractivity contribution >= 4 is 29.5 Å². The quantitative estimate of drug-likeness (QED) is 0.0695. The van der Waals surface area contributed by atoms with Crippen LogP contribution >= 0.6 is 0 Å². The van der Waals surface area contributed by atoms with E-state index >= 15 is 0 Å². The molecule has 3 aromatic carbocycles. The molecule has 0 unspecified atom stereocenters. The maximum absolute atomic E-state index is 13.9.